The predicted octanol–water partition coefficient (Wildman–Crippen LogP) is 3.79. The molecule has 3 heteroatoms. The number of benzene rings is 1. The maximum absolute atomic E-state index is 12.1. The van der Waals surface area contributed by atoms with Crippen molar-refractivity contribution in [2.45, 2.75) is 59.5 Å². The Kier molecular flexibility index (Phi) is 7.60. The van der Waals surface area contributed by atoms with E-state index in [1.54, 1.807) is 0 Å². The number of hydrogen-bond donors (Lipinski definition) is 1. The van der Waals surface area contributed by atoms with Crippen LogP contribution in [0.1, 0.15) is 58.2 Å². The zero-order valence-corrected chi connectivity index (χ0v) is 15.0. The molecule has 1 amide bonds. The third kappa shape index (κ3) is 6.18. The molecule has 2 unspecified atom stereocenters. The molecule has 2 atom stereocenters. The summed E-state index contributed by atoms with van der Waals surface area (Å²) in [6, 6.07) is 9.07. The average Bonchev–Trinajstić information content (AvgIpc) is 2.46. The summed E-state index contributed by atoms with van der Waals surface area (Å²) < 4.78 is 0. The van der Waals surface area contributed by atoms with Crippen LogP contribution in [0.25, 0.3) is 0 Å². The lowest BCUT2D eigenvalue weighted by Crippen LogP contribution is -2.40. The smallest absolute Gasteiger partial charge is 0.234 e. The van der Waals surface area contributed by atoms with Crippen LogP contribution in [0.15, 0.2) is 24.3 Å². The third-order valence-electron chi connectivity index (χ3n) is 4.24. The maximum atomic E-state index is 12.1. The Hall–Kier alpha value is -1.35. The van der Waals surface area contributed by atoms with Crippen LogP contribution < -0.4 is 5.32 Å². The molecule has 0 saturated carbocycles. The molecule has 1 N–H and O–H groups in total. The second-order valence-electron chi connectivity index (χ2n) is 6.80. The molecular weight excluding hydrogens is 272 g/mol. The molecule has 0 saturated heterocycles. The number of carbonyl (C=O) groups is 1. The fourth-order valence-corrected chi connectivity index (χ4v) is 2.48. The summed E-state index contributed by atoms with van der Waals surface area (Å²) in [5, 5.41) is 3.09. The lowest BCUT2D eigenvalue weighted by atomic mass is 10.00. The van der Waals surface area contributed by atoms with Crippen molar-refractivity contribution < 1.29 is 4.79 Å². The Morgan fingerprint density at radius 1 is 1.14 bits per heavy atom. The van der Waals surface area contributed by atoms with E-state index in [-0.39, 0.29) is 11.9 Å². The Bertz CT molecular complexity index is 453. The molecule has 0 fully saturated rings. The summed E-state index contributed by atoms with van der Waals surface area (Å²) in [4.78, 5) is 14.2. The average molecular weight is 304 g/mol. The summed E-state index contributed by atoms with van der Waals surface area (Å²) in [6.07, 6.45) is 2.15. The van der Waals surface area contributed by atoms with Gasteiger partial charge >= 0.3 is 0 Å². The minimum Gasteiger partial charge on any atom is -0.348 e. The van der Waals surface area contributed by atoms with Crippen LogP contribution in [0.2, 0.25) is 0 Å². The molecule has 22 heavy (non-hydrogen) atoms. The number of likely N-dealkylation sites (N-methyl/N-ethyl adjacent to an activating group) is 1. The van der Waals surface area contributed by atoms with Gasteiger partial charge in [0.05, 0.1) is 12.6 Å². The van der Waals surface area contributed by atoms with Gasteiger partial charge in [-0.15, -0.1) is 0 Å². The SMILES string of the molecule is CCC(C)N(C)CC(=O)NC(C)c1ccc(CC(C)C)cc1. The highest BCUT2D eigenvalue weighted by Crippen LogP contribution is 2.15. The summed E-state index contributed by atoms with van der Waals surface area (Å²) in [5.41, 5.74) is 2.51. The Morgan fingerprint density at radius 2 is 1.73 bits per heavy atom. The Balaban J connectivity index is 2.53. The highest BCUT2D eigenvalue weighted by molar-refractivity contribution is 5.78. The molecule has 0 aromatic heterocycles. The van der Waals surface area contributed by atoms with Crippen molar-refractivity contribution in [1.82, 2.24) is 10.2 Å². The molecule has 124 valence electrons. The number of nitrogens with zero attached hydrogens (tertiary/aromatic N) is 1. The first kappa shape index (κ1) is 18.7. The molecular formula is C19H32N2O. The number of rotatable bonds is 8. The number of carbonyl (C=O) groups excluding carboxylic acids is 1. The molecule has 1 aromatic carbocycles. The fraction of sp³-hybridized carbons (Fsp3) is 0.632. The first-order chi connectivity index (χ1) is 10.3. The molecule has 0 heterocycles. The van der Waals surface area contributed by atoms with Crippen molar-refractivity contribution >= 4 is 5.91 Å². The van der Waals surface area contributed by atoms with Crippen molar-refractivity contribution in [3.63, 3.8) is 0 Å². The predicted molar refractivity (Wildman–Crippen MR) is 93.9 cm³/mol. The maximum Gasteiger partial charge on any atom is 0.234 e. The molecule has 0 bridgehead atoms. The molecule has 1 aromatic rings. The van der Waals surface area contributed by atoms with Crippen molar-refractivity contribution in [2.75, 3.05) is 13.6 Å². The van der Waals surface area contributed by atoms with E-state index < -0.39 is 0 Å². The topological polar surface area (TPSA) is 32.3 Å². The first-order valence-corrected chi connectivity index (χ1v) is 8.41. The monoisotopic (exact) mass is 304 g/mol. The standard InChI is InChI=1S/C19H32N2O/c1-7-15(4)21(6)13-19(22)20-16(5)18-10-8-17(9-11-18)12-14(2)3/h8-11,14-16H,7,12-13H2,1-6H3,(H,20,22). The van der Waals surface area contributed by atoms with Crippen LogP contribution in [-0.2, 0) is 11.2 Å². The second kappa shape index (κ2) is 8.94. The van der Waals surface area contributed by atoms with Crippen molar-refractivity contribution in [3.8, 4) is 0 Å². The van der Waals surface area contributed by atoms with Gasteiger partial charge in [-0.2, -0.15) is 0 Å². The minimum atomic E-state index is 0.0472. The third-order valence-corrected chi connectivity index (χ3v) is 4.24. The van der Waals surface area contributed by atoms with E-state index in [9.17, 15) is 4.79 Å². The largest absolute Gasteiger partial charge is 0.348 e. The molecule has 0 aliphatic rings. The number of amides is 1. The van der Waals surface area contributed by atoms with E-state index in [0.717, 1.165) is 18.4 Å². The number of hydrogen-bond acceptors (Lipinski definition) is 2. The Morgan fingerprint density at radius 3 is 2.23 bits per heavy atom. The van der Waals surface area contributed by atoms with E-state index in [2.05, 4.69) is 62.2 Å². The lowest BCUT2D eigenvalue weighted by molar-refractivity contribution is -0.123. The lowest BCUT2D eigenvalue weighted by Gasteiger charge is -2.24. The highest BCUT2D eigenvalue weighted by Gasteiger charge is 2.14. The summed E-state index contributed by atoms with van der Waals surface area (Å²) >= 11 is 0. The fourth-order valence-electron chi connectivity index (χ4n) is 2.48. The molecule has 1 rings (SSSR count). The number of nitrogens with one attached hydrogen (secondary N) is 1. The molecule has 0 aliphatic carbocycles. The van der Waals surface area contributed by atoms with Crippen LogP contribution in [0.5, 0.6) is 0 Å². The molecule has 0 spiro atoms. The molecule has 3 nitrogen and oxygen atoms in total. The zero-order chi connectivity index (χ0) is 16.7. The van der Waals surface area contributed by atoms with Gasteiger partial charge in [0.1, 0.15) is 0 Å². The van der Waals surface area contributed by atoms with Gasteiger partial charge in [0.2, 0.25) is 5.91 Å². The summed E-state index contributed by atoms with van der Waals surface area (Å²) in [7, 11) is 2.00. The van der Waals surface area contributed by atoms with Crippen molar-refractivity contribution in [1.29, 1.82) is 0 Å². The summed E-state index contributed by atoms with van der Waals surface area (Å²) in [6.45, 7) is 11.2. The van der Waals surface area contributed by atoms with E-state index in [0.29, 0.717) is 18.5 Å². The normalized spacial score (nSPS) is 14.2. The van der Waals surface area contributed by atoms with Crippen LogP contribution in [0.3, 0.4) is 0 Å². The second-order valence-corrected chi connectivity index (χ2v) is 6.80. The molecule has 0 radical (unpaired) electrons. The van der Waals surface area contributed by atoms with Gasteiger partial charge < -0.3 is 5.32 Å². The van der Waals surface area contributed by atoms with Crippen LogP contribution >= 0.6 is 0 Å². The van der Waals surface area contributed by atoms with Gasteiger partial charge in [-0.1, -0.05) is 45.0 Å². The van der Waals surface area contributed by atoms with Gasteiger partial charge in [-0.25, -0.2) is 0 Å². The van der Waals surface area contributed by atoms with E-state index in [1.807, 2.05) is 14.0 Å². The van der Waals surface area contributed by atoms with Gasteiger partial charge in [0.25, 0.3) is 0 Å². The summed E-state index contributed by atoms with van der Waals surface area (Å²) in [5.74, 6) is 0.751. The van der Waals surface area contributed by atoms with E-state index >= 15 is 0 Å². The van der Waals surface area contributed by atoms with Crippen molar-refractivity contribution in [3.05, 3.63) is 35.4 Å². The van der Waals surface area contributed by atoms with Gasteiger partial charge in [-0.05, 0) is 50.8 Å². The zero-order valence-electron chi connectivity index (χ0n) is 15.0. The molecule has 0 aliphatic heterocycles. The van der Waals surface area contributed by atoms with Crippen LogP contribution in [0, 0.1) is 5.92 Å². The van der Waals surface area contributed by atoms with Gasteiger partial charge in [0, 0.05) is 6.04 Å². The first-order valence-electron chi connectivity index (χ1n) is 8.41. The Labute approximate surface area is 136 Å². The minimum absolute atomic E-state index is 0.0472. The van der Waals surface area contributed by atoms with Crippen LogP contribution in [0.4, 0.5) is 0 Å². The van der Waals surface area contributed by atoms with Gasteiger partial charge in [0.15, 0.2) is 0 Å². The van der Waals surface area contributed by atoms with E-state index in [1.165, 1.54) is 5.56 Å². The quantitative estimate of drug-likeness (QED) is 0.792. The highest BCUT2D eigenvalue weighted by atomic mass is 16.2. The van der Waals surface area contributed by atoms with Gasteiger partial charge in [-0.3, -0.25) is 9.69 Å². The van der Waals surface area contributed by atoms with E-state index in [4.69, 9.17) is 0 Å². The van der Waals surface area contributed by atoms with Crippen LogP contribution in [-0.4, -0.2) is 30.4 Å². The van der Waals surface area contributed by atoms with Crippen molar-refractivity contribution in [2.24, 2.45) is 5.92 Å².